The highest BCUT2D eigenvalue weighted by Gasteiger charge is 2.24. The van der Waals surface area contributed by atoms with Gasteiger partial charge in [0.15, 0.2) is 0 Å². The second kappa shape index (κ2) is 2.53. The highest BCUT2D eigenvalue weighted by molar-refractivity contribution is 5.43. The van der Waals surface area contributed by atoms with Crippen LogP contribution in [0, 0.1) is 0 Å². The Labute approximate surface area is 66.7 Å². The zero-order valence-corrected chi connectivity index (χ0v) is 6.67. The molecular weight excluding hydrogens is 136 g/mol. The Morgan fingerprint density at radius 3 is 3.00 bits per heavy atom. The molecule has 0 aliphatic heterocycles. The van der Waals surface area contributed by atoms with Crippen LogP contribution < -0.4 is 5.32 Å². The number of hydrogen-bond acceptors (Lipinski definition) is 2. The van der Waals surface area contributed by atoms with E-state index in [9.17, 15) is 0 Å². The molecular formula is C9H12N2. The first-order valence-electron chi connectivity index (χ1n) is 4.04. The van der Waals surface area contributed by atoms with Crippen molar-refractivity contribution in [2.24, 2.45) is 0 Å². The van der Waals surface area contributed by atoms with Crippen LogP contribution in [0.5, 0.6) is 0 Å². The molecule has 0 atom stereocenters. The van der Waals surface area contributed by atoms with Crippen LogP contribution in [-0.2, 0) is 0 Å². The molecule has 2 rings (SSSR count). The van der Waals surface area contributed by atoms with Gasteiger partial charge >= 0.3 is 0 Å². The molecule has 0 bridgehead atoms. The fourth-order valence-electron chi connectivity index (χ4n) is 1.21. The van der Waals surface area contributed by atoms with Gasteiger partial charge in [0.05, 0.1) is 0 Å². The molecule has 0 aromatic carbocycles. The van der Waals surface area contributed by atoms with Gasteiger partial charge in [-0.25, -0.2) is 0 Å². The van der Waals surface area contributed by atoms with E-state index in [1.54, 1.807) is 0 Å². The number of nitrogens with one attached hydrogen (secondary N) is 1. The van der Waals surface area contributed by atoms with Crippen molar-refractivity contribution in [2.75, 3.05) is 12.4 Å². The van der Waals surface area contributed by atoms with Crippen LogP contribution in [0.15, 0.2) is 18.3 Å². The number of pyridine rings is 1. The summed E-state index contributed by atoms with van der Waals surface area (Å²) >= 11 is 0. The number of hydrogen-bond donors (Lipinski definition) is 1. The number of rotatable bonds is 2. The van der Waals surface area contributed by atoms with E-state index in [1.807, 2.05) is 19.3 Å². The highest BCUT2D eigenvalue weighted by atomic mass is 14.8. The summed E-state index contributed by atoms with van der Waals surface area (Å²) in [4.78, 5) is 4.31. The molecule has 1 heterocycles. The molecule has 2 heteroatoms. The van der Waals surface area contributed by atoms with E-state index < -0.39 is 0 Å². The lowest BCUT2D eigenvalue weighted by Crippen LogP contribution is -1.91. The molecule has 2 nitrogen and oxygen atoms in total. The van der Waals surface area contributed by atoms with Crippen molar-refractivity contribution in [3.8, 4) is 0 Å². The summed E-state index contributed by atoms with van der Waals surface area (Å²) in [5, 5.41) is 3.11. The maximum Gasteiger partial charge on any atom is 0.0455 e. The Bertz CT molecular complexity index is 253. The van der Waals surface area contributed by atoms with Crippen LogP contribution in [0.4, 0.5) is 5.69 Å². The summed E-state index contributed by atoms with van der Waals surface area (Å²) in [6.07, 6.45) is 4.51. The number of nitrogens with zero attached hydrogens (tertiary/aromatic N) is 1. The lowest BCUT2D eigenvalue weighted by atomic mass is 10.2. The molecule has 1 aliphatic rings. The number of aromatic nitrogens is 1. The van der Waals surface area contributed by atoms with E-state index in [0.717, 1.165) is 5.92 Å². The summed E-state index contributed by atoms with van der Waals surface area (Å²) in [7, 11) is 1.94. The summed E-state index contributed by atoms with van der Waals surface area (Å²) in [5.74, 6) is 0.753. The molecule has 1 aromatic rings. The minimum atomic E-state index is 0.753. The molecule has 1 aliphatic carbocycles. The van der Waals surface area contributed by atoms with Crippen LogP contribution in [0.25, 0.3) is 0 Å². The molecule has 0 saturated heterocycles. The van der Waals surface area contributed by atoms with Gasteiger partial charge in [0.2, 0.25) is 0 Å². The maximum atomic E-state index is 4.31. The lowest BCUT2D eigenvalue weighted by molar-refractivity contribution is 1.02. The van der Waals surface area contributed by atoms with Crippen LogP contribution in [0.2, 0.25) is 0 Å². The van der Waals surface area contributed by atoms with Gasteiger partial charge in [0.25, 0.3) is 0 Å². The first-order valence-corrected chi connectivity index (χ1v) is 4.04. The average Bonchev–Trinajstić information content (AvgIpc) is 2.87. The monoisotopic (exact) mass is 148 g/mol. The SMILES string of the molecule is CNc1ccnc(C2CC2)c1. The van der Waals surface area contributed by atoms with E-state index in [2.05, 4.69) is 16.4 Å². The van der Waals surface area contributed by atoms with Gasteiger partial charge in [-0.15, -0.1) is 0 Å². The first kappa shape index (κ1) is 6.65. The van der Waals surface area contributed by atoms with Crippen molar-refractivity contribution in [2.45, 2.75) is 18.8 Å². The molecule has 0 unspecified atom stereocenters. The van der Waals surface area contributed by atoms with Gasteiger partial charge in [-0.05, 0) is 25.0 Å². The quantitative estimate of drug-likeness (QED) is 0.693. The van der Waals surface area contributed by atoms with E-state index in [-0.39, 0.29) is 0 Å². The molecule has 0 amide bonds. The summed E-state index contributed by atoms with van der Waals surface area (Å²) < 4.78 is 0. The summed E-state index contributed by atoms with van der Waals surface area (Å²) in [5.41, 5.74) is 2.42. The third-order valence-electron chi connectivity index (χ3n) is 2.07. The maximum absolute atomic E-state index is 4.31. The molecule has 0 spiro atoms. The van der Waals surface area contributed by atoms with Crippen molar-refractivity contribution in [3.05, 3.63) is 24.0 Å². The van der Waals surface area contributed by atoms with Crippen LogP contribution >= 0.6 is 0 Å². The molecule has 1 fully saturated rings. The van der Waals surface area contributed by atoms with Gasteiger partial charge in [-0.2, -0.15) is 0 Å². The van der Waals surface area contributed by atoms with Gasteiger partial charge < -0.3 is 5.32 Å². The molecule has 11 heavy (non-hydrogen) atoms. The minimum Gasteiger partial charge on any atom is -0.388 e. The molecule has 1 aromatic heterocycles. The van der Waals surface area contributed by atoms with Crippen LogP contribution in [0.3, 0.4) is 0 Å². The Kier molecular flexibility index (Phi) is 1.53. The van der Waals surface area contributed by atoms with E-state index in [0.29, 0.717) is 0 Å². The Morgan fingerprint density at radius 1 is 1.55 bits per heavy atom. The second-order valence-corrected chi connectivity index (χ2v) is 2.99. The smallest absolute Gasteiger partial charge is 0.0455 e. The van der Waals surface area contributed by atoms with Crippen molar-refractivity contribution in [1.82, 2.24) is 4.98 Å². The number of anilines is 1. The summed E-state index contributed by atoms with van der Waals surface area (Å²) in [6, 6.07) is 4.13. The van der Waals surface area contributed by atoms with Gasteiger partial charge in [-0.1, -0.05) is 0 Å². The van der Waals surface area contributed by atoms with Crippen molar-refractivity contribution in [3.63, 3.8) is 0 Å². The largest absolute Gasteiger partial charge is 0.388 e. The third kappa shape index (κ3) is 1.34. The first-order chi connectivity index (χ1) is 5.40. The van der Waals surface area contributed by atoms with Gasteiger partial charge in [0, 0.05) is 30.5 Å². The highest BCUT2D eigenvalue weighted by Crippen LogP contribution is 2.39. The Hall–Kier alpha value is -1.05. The molecule has 58 valence electrons. The van der Waals surface area contributed by atoms with Crippen molar-refractivity contribution < 1.29 is 0 Å². The predicted octanol–water partition coefficient (Wildman–Crippen LogP) is 2.00. The van der Waals surface area contributed by atoms with Crippen LogP contribution in [0.1, 0.15) is 24.5 Å². The fraction of sp³-hybridized carbons (Fsp3) is 0.444. The Balaban J connectivity index is 2.26. The van der Waals surface area contributed by atoms with Gasteiger partial charge in [0.1, 0.15) is 0 Å². The topological polar surface area (TPSA) is 24.9 Å². The van der Waals surface area contributed by atoms with E-state index >= 15 is 0 Å². The van der Waals surface area contributed by atoms with E-state index in [4.69, 9.17) is 0 Å². The molecule has 0 radical (unpaired) electrons. The standard InChI is InChI=1S/C9H12N2/c1-10-8-4-5-11-9(6-8)7-2-3-7/h4-7H,2-3H2,1H3,(H,10,11). The Morgan fingerprint density at radius 2 is 2.36 bits per heavy atom. The molecule has 1 N–H and O–H groups in total. The van der Waals surface area contributed by atoms with E-state index in [1.165, 1.54) is 24.2 Å². The van der Waals surface area contributed by atoms with Crippen LogP contribution in [-0.4, -0.2) is 12.0 Å². The van der Waals surface area contributed by atoms with Crippen molar-refractivity contribution >= 4 is 5.69 Å². The fourth-order valence-corrected chi connectivity index (χ4v) is 1.21. The third-order valence-corrected chi connectivity index (χ3v) is 2.07. The molecule has 1 saturated carbocycles. The predicted molar refractivity (Wildman–Crippen MR) is 45.8 cm³/mol. The zero-order chi connectivity index (χ0) is 7.68. The normalized spacial score (nSPS) is 16.5. The summed E-state index contributed by atoms with van der Waals surface area (Å²) in [6.45, 7) is 0. The second-order valence-electron chi connectivity index (χ2n) is 2.99. The lowest BCUT2D eigenvalue weighted by Gasteiger charge is -2.01. The minimum absolute atomic E-state index is 0.753. The zero-order valence-electron chi connectivity index (χ0n) is 6.67. The van der Waals surface area contributed by atoms with Gasteiger partial charge in [-0.3, -0.25) is 4.98 Å². The average molecular weight is 148 g/mol. The van der Waals surface area contributed by atoms with Crippen molar-refractivity contribution in [1.29, 1.82) is 0 Å².